The van der Waals surface area contributed by atoms with E-state index < -0.39 is 38.0 Å². The summed E-state index contributed by atoms with van der Waals surface area (Å²) < 4.78 is 27.4. The van der Waals surface area contributed by atoms with Crippen LogP contribution in [-0.4, -0.2) is 31.5 Å². The highest BCUT2D eigenvalue weighted by Gasteiger charge is 2.33. The Kier molecular flexibility index (Phi) is 6.93. The van der Waals surface area contributed by atoms with Crippen LogP contribution in [-0.2, 0) is 14.8 Å². The number of amides is 1. The third-order valence-electron chi connectivity index (χ3n) is 4.40. The Labute approximate surface area is 175 Å². The van der Waals surface area contributed by atoms with Crippen molar-refractivity contribution < 1.29 is 18.1 Å². The number of nitrogens with zero attached hydrogens (tertiary/aromatic N) is 3. The molecule has 2 rings (SSSR count). The van der Waals surface area contributed by atoms with Gasteiger partial charge in [-0.05, 0) is 25.1 Å². The molecule has 0 heterocycles. The van der Waals surface area contributed by atoms with E-state index in [1.807, 2.05) is 20.8 Å². The van der Waals surface area contributed by atoms with Gasteiger partial charge >= 0.3 is 0 Å². The minimum Gasteiger partial charge on any atom is -0.271 e. The number of carbonyl (C=O) groups is 1. The Balaban J connectivity index is 2.45. The van der Waals surface area contributed by atoms with E-state index in [9.17, 15) is 23.3 Å². The zero-order valence-electron chi connectivity index (χ0n) is 17.2. The van der Waals surface area contributed by atoms with E-state index in [-0.39, 0.29) is 11.1 Å². The van der Waals surface area contributed by atoms with Gasteiger partial charge < -0.3 is 0 Å². The SMILES string of the molecule is C/C(=N\NC(=O)CN(c1ccccc1)S(=O)(=O)c1ccccc1[N+](=O)[O-])C(C)(C)C. The molecule has 0 saturated carbocycles. The lowest BCUT2D eigenvalue weighted by Crippen LogP contribution is -2.40. The third-order valence-corrected chi connectivity index (χ3v) is 6.22. The van der Waals surface area contributed by atoms with Gasteiger partial charge in [0.05, 0.1) is 10.6 Å². The lowest BCUT2D eigenvalue weighted by Gasteiger charge is -2.24. The summed E-state index contributed by atoms with van der Waals surface area (Å²) in [6.45, 7) is 6.92. The molecule has 0 fully saturated rings. The molecular weight excluding hydrogens is 408 g/mol. The maximum atomic E-state index is 13.3. The average molecular weight is 433 g/mol. The zero-order valence-corrected chi connectivity index (χ0v) is 18.0. The second kappa shape index (κ2) is 9.04. The molecule has 2 aromatic carbocycles. The minimum atomic E-state index is -4.41. The predicted octanol–water partition coefficient (Wildman–Crippen LogP) is 3.33. The van der Waals surface area contributed by atoms with Gasteiger partial charge in [-0.3, -0.25) is 19.2 Å². The molecule has 0 spiro atoms. The number of nitro benzene ring substituents is 1. The number of rotatable bonds is 7. The number of nitrogens with one attached hydrogen (secondary N) is 1. The van der Waals surface area contributed by atoms with Crippen LogP contribution >= 0.6 is 0 Å². The van der Waals surface area contributed by atoms with Gasteiger partial charge in [-0.2, -0.15) is 5.10 Å². The topological polar surface area (TPSA) is 122 Å². The van der Waals surface area contributed by atoms with Crippen molar-refractivity contribution in [2.75, 3.05) is 10.8 Å². The first-order valence-electron chi connectivity index (χ1n) is 9.09. The second-order valence-corrected chi connectivity index (χ2v) is 9.38. The van der Waals surface area contributed by atoms with E-state index in [4.69, 9.17) is 0 Å². The largest absolute Gasteiger partial charge is 0.289 e. The standard InChI is InChI=1S/C20H24N4O5S/c1-15(20(2,3)4)21-22-19(25)14-23(16-10-6-5-7-11-16)30(28,29)18-13-9-8-12-17(18)24(26)27/h5-13H,14H2,1-4H3,(H,22,25)/b21-15+. The molecule has 0 aliphatic heterocycles. The van der Waals surface area contributed by atoms with E-state index >= 15 is 0 Å². The van der Waals surface area contributed by atoms with Crippen molar-refractivity contribution in [1.29, 1.82) is 0 Å². The maximum absolute atomic E-state index is 13.3. The number of carbonyl (C=O) groups excluding carboxylic acids is 1. The van der Waals surface area contributed by atoms with Crippen molar-refractivity contribution in [3.05, 3.63) is 64.7 Å². The third kappa shape index (κ3) is 5.41. The molecular formula is C20H24N4O5S. The fourth-order valence-corrected chi connectivity index (χ4v) is 3.92. The Morgan fingerprint density at radius 1 is 1.10 bits per heavy atom. The van der Waals surface area contributed by atoms with Crippen LogP contribution < -0.4 is 9.73 Å². The summed E-state index contributed by atoms with van der Waals surface area (Å²) in [6, 6.07) is 12.9. The van der Waals surface area contributed by atoms with Crippen LogP contribution in [0.4, 0.5) is 11.4 Å². The Morgan fingerprint density at radius 2 is 1.67 bits per heavy atom. The average Bonchev–Trinajstić information content (AvgIpc) is 2.69. The Hall–Kier alpha value is -3.27. The van der Waals surface area contributed by atoms with Gasteiger partial charge in [0.1, 0.15) is 6.54 Å². The molecule has 0 aliphatic carbocycles. The number of benzene rings is 2. The summed E-state index contributed by atoms with van der Waals surface area (Å²) in [4.78, 5) is 22.6. The molecule has 160 valence electrons. The van der Waals surface area contributed by atoms with Gasteiger partial charge in [-0.25, -0.2) is 13.8 Å². The van der Waals surface area contributed by atoms with Crippen LogP contribution in [0.25, 0.3) is 0 Å². The molecule has 10 heteroatoms. The summed E-state index contributed by atoms with van der Waals surface area (Å²) in [6.07, 6.45) is 0. The maximum Gasteiger partial charge on any atom is 0.289 e. The van der Waals surface area contributed by atoms with Gasteiger partial charge in [0.25, 0.3) is 21.6 Å². The lowest BCUT2D eigenvalue weighted by atomic mass is 9.91. The monoisotopic (exact) mass is 432 g/mol. The van der Waals surface area contributed by atoms with Crippen LogP contribution in [0.15, 0.2) is 64.6 Å². The molecule has 0 radical (unpaired) electrons. The molecule has 0 bridgehead atoms. The first kappa shape index (κ1) is 23.0. The van der Waals surface area contributed by atoms with E-state index in [2.05, 4.69) is 10.5 Å². The van der Waals surface area contributed by atoms with Crippen LogP contribution in [0.2, 0.25) is 0 Å². The van der Waals surface area contributed by atoms with E-state index in [0.29, 0.717) is 5.71 Å². The zero-order chi connectivity index (χ0) is 22.5. The second-order valence-electron chi connectivity index (χ2n) is 7.55. The quantitative estimate of drug-likeness (QED) is 0.408. The van der Waals surface area contributed by atoms with Gasteiger partial charge in [-0.1, -0.05) is 51.1 Å². The highest BCUT2D eigenvalue weighted by atomic mass is 32.2. The van der Waals surface area contributed by atoms with Crippen molar-refractivity contribution >= 4 is 33.0 Å². The van der Waals surface area contributed by atoms with Gasteiger partial charge in [0.2, 0.25) is 0 Å². The molecule has 9 nitrogen and oxygen atoms in total. The van der Waals surface area contributed by atoms with Crippen LogP contribution in [0.3, 0.4) is 0 Å². The fraction of sp³-hybridized carbons (Fsp3) is 0.300. The molecule has 1 N–H and O–H groups in total. The first-order valence-corrected chi connectivity index (χ1v) is 10.5. The molecule has 0 saturated heterocycles. The number of nitro groups is 1. The number of para-hydroxylation sites is 2. The van der Waals surface area contributed by atoms with Crippen molar-refractivity contribution in [3.8, 4) is 0 Å². The van der Waals surface area contributed by atoms with E-state index in [1.54, 1.807) is 25.1 Å². The minimum absolute atomic E-state index is 0.197. The summed E-state index contributed by atoms with van der Waals surface area (Å²) >= 11 is 0. The highest BCUT2D eigenvalue weighted by molar-refractivity contribution is 7.93. The molecule has 0 atom stereocenters. The lowest BCUT2D eigenvalue weighted by molar-refractivity contribution is -0.387. The number of anilines is 1. The van der Waals surface area contributed by atoms with Crippen LogP contribution in [0.5, 0.6) is 0 Å². The van der Waals surface area contributed by atoms with Crippen LogP contribution in [0, 0.1) is 15.5 Å². The summed E-state index contributed by atoms with van der Waals surface area (Å²) in [5, 5.41) is 15.4. The highest BCUT2D eigenvalue weighted by Crippen LogP contribution is 2.29. The number of hydrogen-bond donors (Lipinski definition) is 1. The Morgan fingerprint density at radius 3 is 2.23 bits per heavy atom. The van der Waals surface area contributed by atoms with E-state index in [1.165, 1.54) is 24.3 Å². The number of hydrogen-bond acceptors (Lipinski definition) is 6. The smallest absolute Gasteiger partial charge is 0.271 e. The van der Waals surface area contributed by atoms with Crippen molar-refractivity contribution in [1.82, 2.24) is 5.43 Å². The predicted molar refractivity (Wildman–Crippen MR) is 115 cm³/mol. The number of hydrazone groups is 1. The normalized spacial score (nSPS) is 12.3. The molecule has 0 unspecified atom stereocenters. The molecule has 1 amide bonds. The number of sulfonamides is 1. The van der Waals surface area contributed by atoms with Crippen molar-refractivity contribution in [2.24, 2.45) is 10.5 Å². The molecule has 2 aromatic rings. The van der Waals surface area contributed by atoms with Crippen molar-refractivity contribution in [3.63, 3.8) is 0 Å². The molecule has 30 heavy (non-hydrogen) atoms. The summed E-state index contributed by atoms with van der Waals surface area (Å²) in [5.41, 5.74) is 2.37. The Bertz CT molecular complexity index is 1060. The molecule has 0 aliphatic rings. The summed E-state index contributed by atoms with van der Waals surface area (Å²) in [7, 11) is -4.41. The van der Waals surface area contributed by atoms with Crippen molar-refractivity contribution in [2.45, 2.75) is 32.6 Å². The summed E-state index contributed by atoms with van der Waals surface area (Å²) in [5.74, 6) is -0.676. The van der Waals surface area contributed by atoms with Gasteiger partial charge in [0.15, 0.2) is 4.90 Å². The van der Waals surface area contributed by atoms with Gasteiger partial charge in [-0.15, -0.1) is 0 Å². The van der Waals surface area contributed by atoms with Crippen LogP contribution in [0.1, 0.15) is 27.7 Å². The van der Waals surface area contributed by atoms with E-state index in [0.717, 1.165) is 16.4 Å². The fourth-order valence-electron chi connectivity index (χ4n) is 2.33. The first-order chi connectivity index (χ1) is 13.9. The molecule has 0 aromatic heterocycles. The van der Waals surface area contributed by atoms with Gasteiger partial charge in [0, 0.05) is 17.2 Å².